The summed E-state index contributed by atoms with van der Waals surface area (Å²) in [6.45, 7) is 4.68. The second-order valence-electron chi connectivity index (χ2n) is 4.64. The smallest absolute Gasteiger partial charge is 0.252 e. The van der Waals surface area contributed by atoms with Gasteiger partial charge in [0.15, 0.2) is 5.96 Å². The molecule has 2 rings (SSSR count). The molecule has 0 aromatic carbocycles. The van der Waals surface area contributed by atoms with Crippen LogP contribution >= 0.6 is 0 Å². The van der Waals surface area contributed by atoms with Crippen molar-refractivity contribution in [3.8, 4) is 0 Å². The van der Waals surface area contributed by atoms with E-state index in [1.807, 2.05) is 6.92 Å². The normalized spacial score (nSPS) is 33.9. The molecule has 2 N–H and O–H groups in total. The Labute approximate surface area is 96.3 Å². The standard InChI is InChI=1S/C11H20N4O/c1-3-12-10-13-9(16)11(14-10)5-4-7-15(2)8-6-11/h3-8H2,1-2H3,(H2,12,13,14,16). The summed E-state index contributed by atoms with van der Waals surface area (Å²) in [5, 5.41) is 6.12. The van der Waals surface area contributed by atoms with E-state index in [0.717, 1.165) is 32.4 Å². The maximum absolute atomic E-state index is 12.0. The molecule has 1 spiro atoms. The number of hydrogen-bond acceptors (Lipinski definition) is 3. The second kappa shape index (κ2) is 4.41. The predicted octanol–water partition coefficient (Wildman–Crippen LogP) is -0.0638. The zero-order chi connectivity index (χ0) is 11.6. The van der Waals surface area contributed by atoms with Gasteiger partial charge in [0.25, 0.3) is 5.91 Å². The fraction of sp³-hybridized carbons (Fsp3) is 0.818. The van der Waals surface area contributed by atoms with Crippen LogP contribution in [-0.4, -0.2) is 49.0 Å². The molecule has 0 aliphatic carbocycles. The number of hydrogen-bond donors (Lipinski definition) is 2. The molecule has 2 saturated heterocycles. The lowest BCUT2D eigenvalue weighted by Crippen LogP contribution is -2.47. The van der Waals surface area contributed by atoms with E-state index in [4.69, 9.17) is 0 Å². The topological polar surface area (TPSA) is 56.7 Å². The third-order valence-corrected chi connectivity index (χ3v) is 3.40. The molecule has 0 aromatic rings. The minimum atomic E-state index is -0.404. The highest BCUT2D eigenvalue weighted by Gasteiger charge is 2.45. The molecule has 1 unspecified atom stereocenters. The molecule has 2 aliphatic rings. The highest BCUT2D eigenvalue weighted by Crippen LogP contribution is 2.24. The SMILES string of the molecule is CCN=C1NC(=O)C2(CCCN(C)CC2)N1. The van der Waals surface area contributed by atoms with E-state index in [1.54, 1.807) is 0 Å². The van der Waals surface area contributed by atoms with Crippen LogP contribution in [-0.2, 0) is 4.79 Å². The lowest BCUT2D eigenvalue weighted by Gasteiger charge is -2.24. The van der Waals surface area contributed by atoms with Gasteiger partial charge in [-0.15, -0.1) is 0 Å². The van der Waals surface area contributed by atoms with Gasteiger partial charge in [0.1, 0.15) is 5.54 Å². The van der Waals surface area contributed by atoms with Crippen molar-refractivity contribution in [2.75, 3.05) is 26.7 Å². The highest BCUT2D eigenvalue weighted by atomic mass is 16.2. The zero-order valence-electron chi connectivity index (χ0n) is 10.0. The molecule has 90 valence electrons. The highest BCUT2D eigenvalue weighted by molar-refractivity contribution is 6.09. The van der Waals surface area contributed by atoms with Gasteiger partial charge in [0, 0.05) is 13.1 Å². The molecule has 0 aromatic heterocycles. The minimum absolute atomic E-state index is 0.0926. The van der Waals surface area contributed by atoms with Crippen molar-refractivity contribution < 1.29 is 4.79 Å². The van der Waals surface area contributed by atoms with Gasteiger partial charge >= 0.3 is 0 Å². The number of amides is 1. The first-order chi connectivity index (χ1) is 7.66. The van der Waals surface area contributed by atoms with Crippen LogP contribution in [0.1, 0.15) is 26.2 Å². The van der Waals surface area contributed by atoms with E-state index < -0.39 is 5.54 Å². The molecule has 2 aliphatic heterocycles. The number of guanidine groups is 1. The average Bonchev–Trinajstić information content (AvgIpc) is 2.42. The average molecular weight is 224 g/mol. The van der Waals surface area contributed by atoms with Gasteiger partial charge in [-0.2, -0.15) is 0 Å². The Bertz CT molecular complexity index is 315. The molecule has 5 nitrogen and oxygen atoms in total. The monoisotopic (exact) mass is 224 g/mol. The maximum atomic E-state index is 12.0. The molecule has 5 heteroatoms. The Morgan fingerprint density at radius 2 is 2.25 bits per heavy atom. The summed E-state index contributed by atoms with van der Waals surface area (Å²) < 4.78 is 0. The number of nitrogens with zero attached hydrogens (tertiary/aromatic N) is 2. The van der Waals surface area contributed by atoms with Crippen molar-refractivity contribution in [1.82, 2.24) is 15.5 Å². The van der Waals surface area contributed by atoms with E-state index >= 15 is 0 Å². The van der Waals surface area contributed by atoms with Gasteiger partial charge in [-0.3, -0.25) is 15.1 Å². The maximum Gasteiger partial charge on any atom is 0.252 e. The molecule has 0 radical (unpaired) electrons. The van der Waals surface area contributed by atoms with Crippen molar-refractivity contribution in [1.29, 1.82) is 0 Å². The number of carbonyl (C=O) groups excluding carboxylic acids is 1. The zero-order valence-corrected chi connectivity index (χ0v) is 10.0. The summed E-state index contributed by atoms with van der Waals surface area (Å²) in [6, 6.07) is 0. The summed E-state index contributed by atoms with van der Waals surface area (Å²) in [6.07, 6.45) is 2.81. The minimum Gasteiger partial charge on any atom is -0.342 e. The lowest BCUT2D eigenvalue weighted by atomic mass is 9.91. The van der Waals surface area contributed by atoms with Crippen molar-refractivity contribution in [3.63, 3.8) is 0 Å². The second-order valence-corrected chi connectivity index (χ2v) is 4.64. The number of aliphatic imine (C=N–C) groups is 1. The largest absolute Gasteiger partial charge is 0.342 e. The van der Waals surface area contributed by atoms with Crippen LogP contribution in [0.2, 0.25) is 0 Å². The first kappa shape index (κ1) is 11.4. The molecule has 0 bridgehead atoms. The van der Waals surface area contributed by atoms with Gasteiger partial charge in [-0.1, -0.05) is 0 Å². The van der Waals surface area contributed by atoms with E-state index in [0.29, 0.717) is 12.5 Å². The number of rotatable bonds is 1. The summed E-state index contributed by atoms with van der Waals surface area (Å²) in [5.41, 5.74) is -0.404. The molecular weight excluding hydrogens is 204 g/mol. The van der Waals surface area contributed by atoms with Gasteiger partial charge in [0.05, 0.1) is 0 Å². The third-order valence-electron chi connectivity index (χ3n) is 3.40. The fourth-order valence-electron chi connectivity index (χ4n) is 2.40. The fourth-order valence-corrected chi connectivity index (χ4v) is 2.40. The van der Waals surface area contributed by atoms with Gasteiger partial charge in [0.2, 0.25) is 0 Å². The first-order valence-corrected chi connectivity index (χ1v) is 5.99. The van der Waals surface area contributed by atoms with Gasteiger partial charge < -0.3 is 10.2 Å². The van der Waals surface area contributed by atoms with E-state index in [1.165, 1.54) is 0 Å². The van der Waals surface area contributed by atoms with Crippen molar-refractivity contribution in [2.24, 2.45) is 4.99 Å². The Kier molecular flexibility index (Phi) is 3.14. The quantitative estimate of drug-likeness (QED) is 0.656. The Morgan fingerprint density at radius 3 is 3.00 bits per heavy atom. The van der Waals surface area contributed by atoms with Crippen LogP contribution in [0, 0.1) is 0 Å². The molecule has 2 heterocycles. The number of likely N-dealkylation sites (tertiary alicyclic amines) is 1. The van der Waals surface area contributed by atoms with E-state index in [9.17, 15) is 4.79 Å². The summed E-state index contributed by atoms with van der Waals surface area (Å²) in [7, 11) is 2.10. The van der Waals surface area contributed by atoms with Gasteiger partial charge in [-0.25, -0.2) is 0 Å². The van der Waals surface area contributed by atoms with Crippen LogP contribution in [0.4, 0.5) is 0 Å². The summed E-state index contributed by atoms with van der Waals surface area (Å²) in [5.74, 6) is 0.743. The number of nitrogens with one attached hydrogen (secondary N) is 2. The van der Waals surface area contributed by atoms with Crippen LogP contribution < -0.4 is 10.6 Å². The van der Waals surface area contributed by atoms with Crippen molar-refractivity contribution in [2.45, 2.75) is 31.7 Å². The molecule has 0 saturated carbocycles. The summed E-state index contributed by atoms with van der Waals surface area (Å²) in [4.78, 5) is 18.5. The van der Waals surface area contributed by atoms with Crippen LogP contribution in [0.25, 0.3) is 0 Å². The first-order valence-electron chi connectivity index (χ1n) is 5.99. The van der Waals surface area contributed by atoms with Gasteiger partial charge in [-0.05, 0) is 39.8 Å². The Hall–Kier alpha value is -1.10. The predicted molar refractivity (Wildman–Crippen MR) is 63.3 cm³/mol. The van der Waals surface area contributed by atoms with Crippen LogP contribution in [0.5, 0.6) is 0 Å². The van der Waals surface area contributed by atoms with Crippen LogP contribution in [0.15, 0.2) is 4.99 Å². The summed E-state index contributed by atoms with van der Waals surface area (Å²) >= 11 is 0. The number of carbonyl (C=O) groups is 1. The van der Waals surface area contributed by atoms with Crippen molar-refractivity contribution >= 4 is 11.9 Å². The molecule has 16 heavy (non-hydrogen) atoms. The molecular formula is C11H20N4O. The molecule has 1 amide bonds. The van der Waals surface area contributed by atoms with Crippen molar-refractivity contribution in [3.05, 3.63) is 0 Å². The third kappa shape index (κ3) is 2.04. The van der Waals surface area contributed by atoms with Crippen LogP contribution in [0.3, 0.4) is 0 Å². The Balaban J connectivity index is 2.12. The molecule has 2 fully saturated rings. The van der Waals surface area contributed by atoms with E-state index in [-0.39, 0.29) is 5.91 Å². The molecule has 1 atom stereocenters. The Morgan fingerprint density at radius 1 is 1.44 bits per heavy atom. The van der Waals surface area contributed by atoms with E-state index in [2.05, 4.69) is 27.6 Å². The lowest BCUT2D eigenvalue weighted by molar-refractivity contribution is -0.124.